The number of hydrogen-bond donors (Lipinski definition) is 0. The van der Waals surface area contributed by atoms with Crippen LogP contribution in [0.5, 0.6) is 11.5 Å². The van der Waals surface area contributed by atoms with Crippen LogP contribution in [-0.4, -0.2) is 29.8 Å². The van der Waals surface area contributed by atoms with Crippen LogP contribution in [0.25, 0.3) is 0 Å². The van der Waals surface area contributed by atoms with Crippen molar-refractivity contribution < 1.29 is 14.3 Å². The topological polar surface area (TPSA) is 53.4 Å². The van der Waals surface area contributed by atoms with Gasteiger partial charge in [0.1, 0.15) is 5.69 Å². The molecule has 1 aromatic heterocycles. The van der Waals surface area contributed by atoms with Crippen LogP contribution < -0.4 is 9.47 Å². The van der Waals surface area contributed by atoms with Gasteiger partial charge in [-0.25, -0.2) is 0 Å². The number of hydrogen-bond acceptors (Lipinski definition) is 4. The third-order valence-corrected chi connectivity index (χ3v) is 3.08. The van der Waals surface area contributed by atoms with E-state index in [2.05, 4.69) is 5.10 Å². The summed E-state index contributed by atoms with van der Waals surface area (Å²) in [4.78, 5) is 12.5. The summed E-state index contributed by atoms with van der Waals surface area (Å²) in [6.45, 7) is 4.48. The lowest BCUT2D eigenvalue weighted by Crippen LogP contribution is -2.10. The number of carbonyl (C=O) groups is 1. The molecule has 0 atom stereocenters. The van der Waals surface area contributed by atoms with Gasteiger partial charge in [0.05, 0.1) is 19.9 Å². The number of rotatable bonds is 5. The second-order valence-electron chi connectivity index (χ2n) is 4.39. The minimum absolute atomic E-state index is 0.0756. The number of methoxy groups -OCH3 is 2. The molecule has 106 valence electrons. The van der Waals surface area contributed by atoms with Crippen LogP contribution in [0, 0.1) is 6.92 Å². The molecule has 1 heterocycles. The highest BCUT2D eigenvalue weighted by molar-refractivity contribution is 6.08. The molecule has 0 spiro atoms. The summed E-state index contributed by atoms with van der Waals surface area (Å²) in [5.74, 6) is 1.07. The number of aryl methyl sites for hydroxylation is 2. The Kier molecular flexibility index (Phi) is 4.08. The van der Waals surface area contributed by atoms with Gasteiger partial charge >= 0.3 is 0 Å². The summed E-state index contributed by atoms with van der Waals surface area (Å²) in [7, 11) is 3.11. The average molecular weight is 274 g/mol. The van der Waals surface area contributed by atoms with Gasteiger partial charge in [0.15, 0.2) is 11.5 Å². The lowest BCUT2D eigenvalue weighted by molar-refractivity contribution is 0.102. The van der Waals surface area contributed by atoms with Crippen molar-refractivity contribution in [2.45, 2.75) is 20.4 Å². The molecule has 0 radical (unpaired) electrons. The van der Waals surface area contributed by atoms with E-state index in [-0.39, 0.29) is 5.78 Å². The number of benzene rings is 1. The first-order chi connectivity index (χ1) is 9.60. The monoisotopic (exact) mass is 274 g/mol. The molecule has 2 aromatic rings. The third-order valence-electron chi connectivity index (χ3n) is 3.08. The Balaban J connectivity index is 2.42. The minimum atomic E-state index is -0.0756. The van der Waals surface area contributed by atoms with Crippen molar-refractivity contribution in [1.29, 1.82) is 0 Å². The zero-order valence-electron chi connectivity index (χ0n) is 12.1. The van der Waals surface area contributed by atoms with Gasteiger partial charge in [0.25, 0.3) is 0 Å². The zero-order valence-corrected chi connectivity index (χ0v) is 12.1. The van der Waals surface area contributed by atoms with Gasteiger partial charge in [0, 0.05) is 12.1 Å². The Morgan fingerprint density at radius 2 is 1.90 bits per heavy atom. The Bertz CT molecular complexity index is 632. The number of ketones is 1. The molecule has 0 aliphatic rings. The van der Waals surface area contributed by atoms with E-state index < -0.39 is 0 Å². The lowest BCUT2D eigenvalue weighted by Gasteiger charge is -2.09. The van der Waals surface area contributed by atoms with E-state index in [1.54, 1.807) is 43.2 Å². The first-order valence-corrected chi connectivity index (χ1v) is 6.41. The normalized spacial score (nSPS) is 10.4. The van der Waals surface area contributed by atoms with Gasteiger partial charge in [-0.05, 0) is 38.1 Å². The largest absolute Gasteiger partial charge is 0.493 e. The molecule has 0 saturated carbocycles. The standard InChI is InChI=1S/C15H18N2O3/c1-5-17-12(8-10(2)16-17)15(18)11-6-7-13(19-3)14(9-11)20-4/h6-9H,5H2,1-4H3. The van der Waals surface area contributed by atoms with Crippen LogP contribution in [0.2, 0.25) is 0 Å². The Morgan fingerprint density at radius 3 is 2.50 bits per heavy atom. The molecule has 0 amide bonds. The predicted octanol–water partition coefficient (Wildman–Crippen LogP) is 2.46. The van der Waals surface area contributed by atoms with Crippen molar-refractivity contribution in [3.05, 3.63) is 41.2 Å². The fourth-order valence-corrected chi connectivity index (χ4v) is 2.09. The van der Waals surface area contributed by atoms with Gasteiger partial charge in [-0.15, -0.1) is 0 Å². The van der Waals surface area contributed by atoms with Crippen LogP contribution in [0.3, 0.4) is 0 Å². The summed E-state index contributed by atoms with van der Waals surface area (Å²) < 4.78 is 12.1. The van der Waals surface area contributed by atoms with Gasteiger partial charge in [-0.2, -0.15) is 5.10 Å². The highest BCUT2D eigenvalue weighted by atomic mass is 16.5. The highest BCUT2D eigenvalue weighted by Gasteiger charge is 2.17. The summed E-state index contributed by atoms with van der Waals surface area (Å²) in [5.41, 5.74) is 1.96. The van der Waals surface area contributed by atoms with Crippen LogP contribution >= 0.6 is 0 Å². The fraction of sp³-hybridized carbons (Fsp3) is 0.333. The molecule has 5 heteroatoms. The Morgan fingerprint density at radius 1 is 1.20 bits per heavy atom. The number of nitrogens with zero attached hydrogens (tertiary/aromatic N) is 2. The fourth-order valence-electron chi connectivity index (χ4n) is 2.09. The Labute approximate surface area is 118 Å². The first-order valence-electron chi connectivity index (χ1n) is 6.41. The van der Waals surface area contributed by atoms with Crippen LogP contribution in [0.4, 0.5) is 0 Å². The lowest BCUT2D eigenvalue weighted by atomic mass is 10.1. The quantitative estimate of drug-likeness (QED) is 0.786. The second kappa shape index (κ2) is 5.77. The number of carbonyl (C=O) groups excluding carboxylic acids is 1. The van der Waals surface area contributed by atoms with E-state index in [4.69, 9.17) is 9.47 Å². The molecule has 20 heavy (non-hydrogen) atoms. The summed E-state index contributed by atoms with van der Waals surface area (Å²) in [6.07, 6.45) is 0. The number of aromatic nitrogens is 2. The molecule has 0 unspecified atom stereocenters. The smallest absolute Gasteiger partial charge is 0.211 e. The molecule has 2 rings (SSSR count). The molecule has 5 nitrogen and oxygen atoms in total. The molecule has 0 fully saturated rings. The third kappa shape index (κ3) is 2.52. The SMILES string of the molecule is CCn1nc(C)cc1C(=O)c1ccc(OC)c(OC)c1. The summed E-state index contributed by atoms with van der Waals surface area (Å²) in [5, 5.41) is 4.29. The summed E-state index contributed by atoms with van der Waals surface area (Å²) >= 11 is 0. The minimum Gasteiger partial charge on any atom is -0.493 e. The van der Waals surface area contributed by atoms with Crippen molar-refractivity contribution >= 4 is 5.78 Å². The molecule has 1 aromatic carbocycles. The highest BCUT2D eigenvalue weighted by Crippen LogP contribution is 2.28. The maximum atomic E-state index is 12.5. The van der Waals surface area contributed by atoms with E-state index in [0.717, 1.165) is 5.69 Å². The summed E-state index contributed by atoms with van der Waals surface area (Å²) in [6, 6.07) is 6.93. The van der Waals surface area contributed by atoms with E-state index >= 15 is 0 Å². The predicted molar refractivity (Wildman–Crippen MR) is 75.6 cm³/mol. The zero-order chi connectivity index (χ0) is 14.7. The van der Waals surface area contributed by atoms with Gasteiger partial charge < -0.3 is 9.47 Å². The van der Waals surface area contributed by atoms with Gasteiger partial charge in [-0.3, -0.25) is 9.48 Å². The van der Waals surface area contributed by atoms with Gasteiger partial charge in [-0.1, -0.05) is 0 Å². The van der Waals surface area contributed by atoms with Crippen molar-refractivity contribution in [2.75, 3.05) is 14.2 Å². The van der Waals surface area contributed by atoms with Crippen LogP contribution in [0.15, 0.2) is 24.3 Å². The average Bonchev–Trinajstić information content (AvgIpc) is 2.86. The van der Waals surface area contributed by atoms with Crippen LogP contribution in [-0.2, 0) is 6.54 Å². The molecule has 0 bridgehead atoms. The van der Waals surface area contributed by atoms with E-state index in [9.17, 15) is 4.79 Å². The molecular weight excluding hydrogens is 256 g/mol. The van der Waals surface area contributed by atoms with Crippen molar-refractivity contribution in [3.8, 4) is 11.5 Å². The van der Waals surface area contributed by atoms with E-state index in [1.165, 1.54) is 0 Å². The second-order valence-corrected chi connectivity index (χ2v) is 4.39. The maximum Gasteiger partial charge on any atom is 0.211 e. The molecule has 0 saturated heterocycles. The first kappa shape index (κ1) is 14.1. The van der Waals surface area contributed by atoms with Crippen molar-refractivity contribution in [2.24, 2.45) is 0 Å². The molecule has 0 aliphatic carbocycles. The van der Waals surface area contributed by atoms with E-state index in [0.29, 0.717) is 29.3 Å². The van der Waals surface area contributed by atoms with Gasteiger partial charge in [0.2, 0.25) is 5.78 Å². The molecule has 0 N–H and O–H groups in total. The molecular formula is C15H18N2O3. The van der Waals surface area contributed by atoms with E-state index in [1.807, 2.05) is 13.8 Å². The maximum absolute atomic E-state index is 12.5. The van der Waals surface area contributed by atoms with Crippen molar-refractivity contribution in [3.63, 3.8) is 0 Å². The van der Waals surface area contributed by atoms with Crippen molar-refractivity contribution in [1.82, 2.24) is 9.78 Å². The Hall–Kier alpha value is -2.30. The number of ether oxygens (including phenoxy) is 2. The van der Waals surface area contributed by atoms with Crippen LogP contribution in [0.1, 0.15) is 28.7 Å². The molecule has 0 aliphatic heterocycles.